The van der Waals surface area contributed by atoms with E-state index >= 15 is 0 Å². The van der Waals surface area contributed by atoms with Crippen molar-refractivity contribution in [2.45, 2.75) is 32.6 Å². The summed E-state index contributed by atoms with van der Waals surface area (Å²) in [6, 6.07) is 2.13. The lowest BCUT2D eigenvalue weighted by Crippen LogP contribution is -1.67. The van der Waals surface area contributed by atoms with Crippen molar-refractivity contribution >= 4 is 0 Å². The van der Waals surface area contributed by atoms with Crippen LogP contribution in [-0.2, 0) is 0 Å². The zero-order valence-electron chi connectivity index (χ0n) is 8.24. The van der Waals surface area contributed by atoms with Crippen LogP contribution in [0.3, 0.4) is 0 Å². The second-order valence-electron chi connectivity index (χ2n) is 2.71. The second kappa shape index (κ2) is 10.7. The topological polar surface area (TPSA) is 23.8 Å². The highest BCUT2D eigenvalue weighted by Gasteiger charge is 1.79. The molecule has 0 aromatic rings. The average molecular weight is 175 g/mol. The summed E-state index contributed by atoms with van der Waals surface area (Å²) in [7, 11) is 0. The van der Waals surface area contributed by atoms with E-state index in [0.29, 0.717) is 6.42 Å². The van der Waals surface area contributed by atoms with Crippen LogP contribution in [0, 0.1) is 11.3 Å². The van der Waals surface area contributed by atoms with Crippen LogP contribution in [0.2, 0.25) is 0 Å². The van der Waals surface area contributed by atoms with Crippen LogP contribution in [0.4, 0.5) is 0 Å². The molecular weight excluding hydrogens is 158 g/mol. The lowest BCUT2D eigenvalue weighted by molar-refractivity contribution is 0.876. The summed E-state index contributed by atoms with van der Waals surface area (Å²) in [5, 5.41) is 8.27. The van der Waals surface area contributed by atoms with Gasteiger partial charge in [-0.3, -0.25) is 0 Å². The summed E-state index contributed by atoms with van der Waals surface area (Å²) in [4.78, 5) is 0. The van der Waals surface area contributed by atoms with Crippen molar-refractivity contribution < 1.29 is 0 Å². The Labute approximate surface area is 81.1 Å². The molecule has 13 heavy (non-hydrogen) atoms. The Morgan fingerprint density at radius 2 is 1.92 bits per heavy atom. The molecule has 0 atom stereocenters. The van der Waals surface area contributed by atoms with Crippen molar-refractivity contribution in [3.8, 4) is 6.07 Å². The first-order valence-electron chi connectivity index (χ1n) is 4.71. The summed E-state index contributed by atoms with van der Waals surface area (Å²) >= 11 is 0. The lowest BCUT2D eigenvalue weighted by atomic mass is 10.2. The molecule has 0 saturated carbocycles. The van der Waals surface area contributed by atoms with Crippen LogP contribution >= 0.6 is 0 Å². The zero-order valence-corrected chi connectivity index (χ0v) is 8.24. The first-order chi connectivity index (χ1) is 6.41. The van der Waals surface area contributed by atoms with Gasteiger partial charge in [0.25, 0.3) is 0 Å². The number of unbranched alkanes of at least 4 members (excludes halogenated alkanes) is 2. The fourth-order valence-electron chi connectivity index (χ4n) is 0.846. The van der Waals surface area contributed by atoms with Crippen LogP contribution in [0.5, 0.6) is 0 Å². The van der Waals surface area contributed by atoms with E-state index < -0.39 is 0 Å². The van der Waals surface area contributed by atoms with E-state index in [9.17, 15) is 0 Å². The standard InChI is InChI=1S/C12H17N/c1-2-3-4-5-6-7-8-9-10-11-12-13/h2-3,5-8H,4,9-11H2,1H3/b3-2+,6-5+,8-7+. The van der Waals surface area contributed by atoms with Gasteiger partial charge in [-0.05, 0) is 26.2 Å². The molecule has 0 rings (SSSR count). The van der Waals surface area contributed by atoms with E-state index in [1.807, 2.05) is 25.2 Å². The highest BCUT2D eigenvalue weighted by atomic mass is 14.2. The third kappa shape index (κ3) is 10.7. The van der Waals surface area contributed by atoms with Crippen molar-refractivity contribution in [1.29, 1.82) is 5.26 Å². The Balaban J connectivity index is 3.30. The van der Waals surface area contributed by atoms with E-state index in [2.05, 4.69) is 24.3 Å². The molecule has 0 aromatic carbocycles. The van der Waals surface area contributed by atoms with E-state index in [1.54, 1.807) is 0 Å². The smallest absolute Gasteiger partial charge is 0.0621 e. The molecule has 70 valence electrons. The summed E-state index contributed by atoms with van der Waals surface area (Å²) in [5.74, 6) is 0. The van der Waals surface area contributed by atoms with E-state index in [0.717, 1.165) is 19.3 Å². The molecule has 0 aliphatic carbocycles. The van der Waals surface area contributed by atoms with Crippen molar-refractivity contribution in [3.05, 3.63) is 36.5 Å². The number of hydrogen-bond acceptors (Lipinski definition) is 1. The quantitative estimate of drug-likeness (QED) is 0.342. The third-order valence-corrected chi connectivity index (χ3v) is 1.55. The molecule has 0 amide bonds. The Morgan fingerprint density at radius 1 is 1.15 bits per heavy atom. The fourth-order valence-corrected chi connectivity index (χ4v) is 0.846. The van der Waals surface area contributed by atoms with Crippen LogP contribution in [0.1, 0.15) is 32.6 Å². The van der Waals surface area contributed by atoms with Crippen LogP contribution in [0.25, 0.3) is 0 Å². The highest BCUT2D eigenvalue weighted by Crippen LogP contribution is 1.95. The van der Waals surface area contributed by atoms with E-state index in [4.69, 9.17) is 5.26 Å². The highest BCUT2D eigenvalue weighted by molar-refractivity contribution is 5.04. The van der Waals surface area contributed by atoms with Gasteiger partial charge in [0.2, 0.25) is 0 Å². The normalized spacial score (nSPS) is 11.7. The number of allylic oxidation sites excluding steroid dienone is 6. The van der Waals surface area contributed by atoms with Crippen LogP contribution < -0.4 is 0 Å². The average Bonchev–Trinajstić information content (AvgIpc) is 2.16. The first-order valence-corrected chi connectivity index (χ1v) is 4.71. The Morgan fingerprint density at radius 3 is 2.62 bits per heavy atom. The Kier molecular flexibility index (Phi) is 9.65. The minimum Gasteiger partial charge on any atom is -0.198 e. The van der Waals surface area contributed by atoms with E-state index in [1.165, 1.54) is 0 Å². The van der Waals surface area contributed by atoms with Crippen molar-refractivity contribution in [2.24, 2.45) is 0 Å². The first kappa shape index (κ1) is 11.7. The molecule has 0 saturated heterocycles. The minimum atomic E-state index is 0.659. The fraction of sp³-hybridized carbons (Fsp3) is 0.417. The molecule has 0 aliphatic rings. The van der Waals surface area contributed by atoms with Crippen molar-refractivity contribution in [1.82, 2.24) is 0 Å². The molecule has 1 heteroatoms. The number of hydrogen-bond donors (Lipinski definition) is 0. The monoisotopic (exact) mass is 175 g/mol. The largest absolute Gasteiger partial charge is 0.198 e. The Hall–Kier alpha value is -1.29. The molecule has 0 aliphatic heterocycles. The van der Waals surface area contributed by atoms with Crippen molar-refractivity contribution in [3.63, 3.8) is 0 Å². The molecule has 0 fully saturated rings. The molecule has 0 heterocycles. The van der Waals surface area contributed by atoms with Crippen LogP contribution in [-0.4, -0.2) is 0 Å². The molecule has 0 unspecified atom stereocenters. The predicted octanol–water partition coefficient (Wildman–Crippen LogP) is 3.76. The molecule has 0 aromatic heterocycles. The summed E-state index contributed by atoms with van der Waals surface area (Å²) < 4.78 is 0. The van der Waals surface area contributed by atoms with Gasteiger partial charge in [-0.2, -0.15) is 5.26 Å². The molecule has 0 radical (unpaired) electrons. The molecule has 1 nitrogen and oxygen atoms in total. The van der Waals surface area contributed by atoms with Crippen molar-refractivity contribution in [2.75, 3.05) is 0 Å². The SMILES string of the molecule is C/C=C/C/C=C/C=C/CCCC#N. The van der Waals surface area contributed by atoms with Gasteiger partial charge in [-0.15, -0.1) is 0 Å². The maximum Gasteiger partial charge on any atom is 0.0621 e. The minimum absolute atomic E-state index is 0.659. The zero-order chi connectivity index (χ0) is 9.78. The summed E-state index contributed by atoms with van der Waals surface area (Å²) in [6.45, 7) is 2.02. The molecule has 0 spiro atoms. The number of rotatable bonds is 6. The van der Waals surface area contributed by atoms with Gasteiger partial charge < -0.3 is 0 Å². The molecule has 0 bridgehead atoms. The predicted molar refractivity (Wildman–Crippen MR) is 57.2 cm³/mol. The summed E-state index contributed by atoms with van der Waals surface area (Å²) in [6.07, 6.45) is 16.1. The lowest BCUT2D eigenvalue weighted by Gasteiger charge is -1.84. The third-order valence-electron chi connectivity index (χ3n) is 1.55. The number of nitriles is 1. The second-order valence-corrected chi connectivity index (χ2v) is 2.71. The summed E-state index contributed by atoms with van der Waals surface area (Å²) in [5.41, 5.74) is 0. The number of nitrogens with zero attached hydrogens (tertiary/aromatic N) is 1. The van der Waals surface area contributed by atoms with Gasteiger partial charge in [0.15, 0.2) is 0 Å². The maximum absolute atomic E-state index is 8.27. The van der Waals surface area contributed by atoms with Gasteiger partial charge in [-0.1, -0.05) is 36.5 Å². The van der Waals surface area contributed by atoms with Crippen LogP contribution in [0.15, 0.2) is 36.5 Å². The van der Waals surface area contributed by atoms with Gasteiger partial charge in [-0.25, -0.2) is 0 Å². The maximum atomic E-state index is 8.27. The Bertz CT molecular complexity index is 216. The molecule has 0 N–H and O–H groups in total. The van der Waals surface area contributed by atoms with Gasteiger partial charge in [0.05, 0.1) is 6.07 Å². The van der Waals surface area contributed by atoms with Gasteiger partial charge >= 0.3 is 0 Å². The van der Waals surface area contributed by atoms with Gasteiger partial charge in [0, 0.05) is 6.42 Å². The van der Waals surface area contributed by atoms with Gasteiger partial charge in [0.1, 0.15) is 0 Å². The molecular formula is C12H17N. The van der Waals surface area contributed by atoms with E-state index in [-0.39, 0.29) is 0 Å².